The van der Waals surface area contributed by atoms with Gasteiger partial charge in [-0.15, -0.1) is 0 Å². The molecule has 1 unspecified atom stereocenters. The third kappa shape index (κ3) is 7.37. The van der Waals surface area contributed by atoms with Crippen LogP contribution in [0.5, 0.6) is 5.75 Å². The van der Waals surface area contributed by atoms with E-state index in [0.29, 0.717) is 17.9 Å². The van der Waals surface area contributed by atoms with Crippen LogP contribution in [0, 0.1) is 17.2 Å². The minimum atomic E-state index is -0.756. The van der Waals surface area contributed by atoms with Crippen molar-refractivity contribution in [3.8, 4) is 11.8 Å². The van der Waals surface area contributed by atoms with Crippen LogP contribution in [0.3, 0.4) is 0 Å². The van der Waals surface area contributed by atoms with Crippen molar-refractivity contribution < 1.29 is 15.0 Å². The number of allylic oxidation sites excluding steroid dienone is 1. The van der Waals surface area contributed by atoms with Crippen LogP contribution < -0.4 is 0 Å². The number of unbranched alkanes of at least 4 members (excludes halogenated alkanes) is 1. The maximum absolute atomic E-state index is 10.7. The minimum absolute atomic E-state index is 0.200. The number of nitrogens with zero attached hydrogens (tertiary/aromatic N) is 1. The molecule has 2 aromatic carbocycles. The van der Waals surface area contributed by atoms with Crippen LogP contribution in [0.4, 0.5) is 0 Å². The molecule has 2 aromatic rings. The number of hydrogen-bond acceptors (Lipinski definition) is 3. The Hall–Kier alpha value is -3.06. The van der Waals surface area contributed by atoms with E-state index in [1.54, 1.807) is 12.1 Å². The largest absolute Gasteiger partial charge is 0.507 e. The van der Waals surface area contributed by atoms with E-state index >= 15 is 0 Å². The van der Waals surface area contributed by atoms with Crippen LogP contribution in [-0.2, 0) is 11.2 Å². The van der Waals surface area contributed by atoms with Gasteiger partial charge in [-0.3, -0.25) is 4.79 Å². The van der Waals surface area contributed by atoms with Gasteiger partial charge in [0, 0.05) is 12.0 Å². The van der Waals surface area contributed by atoms with E-state index in [0.717, 1.165) is 31.2 Å². The van der Waals surface area contributed by atoms with Crippen molar-refractivity contribution in [1.82, 2.24) is 0 Å². The highest BCUT2D eigenvalue weighted by Gasteiger charge is 2.08. The molecule has 0 aromatic heterocycles. The number of carboxylic acids is 1. The van der Waals surface area contributed by atoms with Gasteiger partial charge in [0.05, 0.1) is 11.6 Å². The zero-order valence-electron chi connectivity index (χ0n) is 15.3. The number of rotatable bonds is 10. The first-order valence-corrected chi connectivity index (χ1v) is 9.25. The van der Waals surface area contributed by atoms with E-state index in [-0.39, 0.29) is 12.2 Å². The lowest BCUT2D eigenvalue weighted by atomic mass is 9.92. The molecule has 0 saturated carbocycles. The van der Waals surface area contributed by atoms with Gasteiger partial charge in [-0.1, -0.05) is 48.9 Å². The number of phenols is 1. The Labute approximate surface area is 160 Å². The van der Waals surface area contributed by atoms with Gasteiger partial charge in [-0.25, -0.2) is 0 Å². The number of hydrogen-bond donors (Lipinski definition) is 2. The molecular formula is C23H25NO3. The van der Waals surface area contributed by atoms with Crippen molar-refractivity contribution in [3.05, 3.63) is 71.3 Å². The summed E-state index contributed by atoms with van der Waals surface area (Å²) in [4.78, 5) is 10.7. The number of aliphatic carboxylic acids is 1. The summed E-state index contributed by atoms with van der Waals surface area (Å²) in [6.07, 6.45) is 8.51. The minimum Gasteiger partial charge on any atom is -0.507 e. The number of benzene rings is 2. The molecule has 0 aliphatic heterocycles. The highest BCUT2D eigenvalue weighted by atomic mass is 16.4. The number of nitriles is 1. The maximum Gasteiger partial charge on any atom is 0.303 e. The Kier molecular flexibility index (Phi) is 8.12. The summed E-state index contributed by atoms with van der Waals surface area (Å²) in [7, 11) is 0. The van der Waals surface area contributed by atoms with E-state index in [4.69, 9.17) is 10.4 Å². The molecule has 1 atom stereocenters. The Morgan fingerprint density at radius 2 is 1.81 bits per heavy atom. The zero-order valence-corrected chi connectivity index (χ0v) is 15.3. The second kappa shape index (κ2) is 10.8. The summed E-state index contributed by atoms with van der Waals surface area (Å²) >= 11 is 0. The average Bonchev–Trinajstić information content (AvgIpc) is 2.68. The first-order chi connectivity index (χ1) is 13.1. The molecule has 0 radical (unpaired) electrons. The van der Waals surface area contributed by atoms with Crippen molar-refractivity contribution in [3.63, 3.8) is 0 Å². The van der Waals surface area contributed by atoms with Gasteiger partial charge >= 0.3 is 5.97 Å². The smallest absolute Gasteiger partial charge is 0.303 e. The molecule has 140 valence electrons. The lowest BCUT2D eigenvalue weighted by molar-refractivity contribution is -0.137. The van der Waals surface area contributed by atoms with Gasteiger partial charge in [-0.05, 0) is 55.4 Å². The maximum atomic E-state index is 10.7. The van der Waals surface area contributed by atoms with E-state index in [1.807, 2.05) is 42.5 Å². The van der Waals surface area contributed by atoms with Crippen LogP contribution in [0.25, 0.3) is 6.08 Å². The molecule has 0 heterocycles. The molecule has 2 N–H and O–H groups in total. The van der Waals surface area contributed by atoms with E-state index in [1.165, 1.54) is 5.56 Å². The average molecular weight is 363 g/mol. The molecular weight excluding hydrogens is 338 g/mol. The molecule has 4 nitrogen and oxygen atoms in total. The molecule has 0 aliphatic rings. The summed E-state index contributed by atoms with van der Waals surface area (Å²) in [5, 5.41) is 27.6. The molecule has 0 fully saturated rings. The lowest BCUT2D eigenvalue weighted by Gasteiger charge is -2.13. The molecule has 0 spiro atoms. The van der Waals surface area contributed by atoms with Crippen LogP contribution in [0.15, 0.2) is 54.6 Å². The number of phenolic OH excluding ortho intramolecular Hbond substituents is 1. The predicted octanol–water partition coefficient (Wildman–Crippen LogP) is 5.17. The van der Waals surface area contributed by atoms with E-state index < -0.39 is 5.97 Å². The first-order valence-electron chi connectivity index (χ1n) is 9.25. The number of carboxylic acid groups (broad SMARTS) is 1. The Morgan fingerprint density at radius 3 is 2.48 bits per heavy atom. The summed E-state index contributed by atoms with van der Waals surface area (Å²) in [6, 6.07) is 17.0. The fraction of sp³-hybridized carbons (Fsp3) is 0.304. The molecule has 0 amide bonds. The molecule has 0 aliphatic carbocycles. The second-order valence-corrected chi connectivity index (χ2v) is 6.66. The fourth-order valence-electron chi connectivity index (χ4n) is 2.99. The van der Waals surface area contributed by atoms with Crippen LogP contribution in [-0.4, -0.2) is 16.2 Å². The van der Waals surface area contributed by atoms with Gasteiger partial charge in [-0.2, -0.15) is 5.26 Å². The van der Waals surface area contributed by atoms with E-state index in [2.05, 4.69) is 12.1 Å². The van der Waals surface area contributed by atoms with Gasteiger partial charge in [0.25, 0.3) is 0 Å². The SMILES string of the molecule is N#Cc1ccc(CCC(C=Cc2ccccc2O)CCCCC(=O)O)cc1. The highest BCUT2D eigenvalue weighted by molar-refractivity contribution is 5.66. The molecule has 0 bridgehead atoms. The van der Waals surface area contributed by atoms with Crippen molar-refractivity contribution in [2.75, 3.05) is 0 Å². The standard InChI is InChI=1S/C23H25NO3/c24-17-20-13-11-19(12-14-20)10-9-18(5-1-4-8-23(26)27)15-16-21-6-2-3-7-22(21)25/h2-3,6-7,11-16,18,25H,1,4-5,8-10H2,(H,26,27). The van der Waals surface area contributed by atoms with Crippen molar-refractivity contribution in [2.24, 2.45) is 5.92 Å². The molecule has 27 heavy (non-hydrogen) atoms. The van der Waals surface area contributed by atoms with Crippen LogP contribution in [0.1, 0.15) is 48.8 Å². The number of para-hydroxylation sites is 1. The number of aromatic hydroxyl groups is 1. The lowest BCUT2D eigenvalue weighted by Crippen LogP contribution is -2.01. The normalized spacial score (nSPS) is 12.0. The topological polar surface area (TPSA) is 81.3 Å². The predicted molar refractivity (Wildman–Crippen MR) is 106 cm³/mol. The highest BCUT2D eigenvalue weighted by Crippen LogP contribution is 2.23. The third-order valence-corrected chi connectivity index (χ3v) is 4.59. The molecule has 2 rings (SSSR count). The van der Waals surface area contributed by atoms with Gasteiger partial charge < -0.3 is 10.2 Å². The molecule has 4 heteroatoms. The van der Waals surface area contributed by atoms with Crippen molar-refractivity contribution in [1.29, 1.82) is 5.26 Å². The Balaban J connectivity index is 1.98. The Bertz CT molecular complexity index is 803. The third-order valence-electron chi connectivity index (χ3n) is 4.59. The summed E-state index contributed by atoms with van der Waals surface area (Å²) in [5.74, 6) is -0.201. The second-order valence-electron chi connectivity index (χ2n) is 6.66. The van der Waals surface area contributed by atoms with E-state index in [9.17, 15) is 9.90 Å². The quantitative estimate of drug-likeness (QED) is 0.571. The Morgan fingerprint density at radius 1 is 1.07 bits per heavy atom. The van der Waals surface area contributed by atoms with Gasteiger partial charge in [0.1, 0.15) is 5.75 Å². The van der Waals surface area contributed by atoms with Crippen LogP contribution in [0.2, 0.25) is 0 Å². The first kappa shape index (κ1) is 20.3. The van der Waals surface area contributed by atoms with Gasteiger partial charge in [0.15, 0.2) is 0 Å². The van der Waals surface area contributed by atoms with Gasteiger partial charge in [0.2, 0.25) is 0 Å². The van der Waals surface area contributed by atoms with Crippen LogP contribution >= 0.6 is 0 Å². The van der Waals surface area contributed by atoms with Crippen molar-refractivity contribution in [2.45, 2.75) is 38.5 Å². The summed E-state index contributed by atoms with van der Waals surface area (Å²) < 4.78 is 0. The monoisotopic (exact) mass is 363 g/mol. The summed E-state index contributed by atoms with van der Waals surface area (Å²) in [5.41, 5.74) is 2.62. The number of carbonyl (C=O) groups is 1. The zero-order chi connectivity index (χ0) is 19.5. The molecule has 0 saturated heterocycles. The summed E-state index contributed by atoms with van der Waals surface area (Å²) in [6.45, 7) is 0. The van der Waals surface area contributed by atoms with Crippen molar-refractivity contribution >= 4 is 12.0 Å². The number of aryl methyl sites for hydroxylation is 1. The fourth-order valence-corrected chi connectivity index (χ4v) is 2.99.